The highest BCUT2D eigenvalue weighted by Gasteiger charge is 2.35. The number of nitrogens with zero attached hydrogens (tertiary/aromatic N) is 4. The van der Waals surface area contributed by atoms with Crippen molar-refractivity contribution in [2.45, 2.75) is 43.7 Å². The van der Waals surface area contributed by atoms with Crippen LogP contribution >= 0.6 is 0 Å². The molecule has 1 saturated heterocycles. The molecular weight excluding hydrogens is 468 g/mol. The van der Waals surface area contributed by atoms with Gasteiger partial charge in [-0.2, -0.15) is 9.41 Å². The van der Waals surface area contributed by atoms with Crippen molar-refractivity contribution in [1.82, 2.24) is 13.9 Å². The molecule has 0 saturated carbocycles. The van der Waals surface area contributed by atoms with E-state index in [0.717, 1.165) is 34.2 Å². The smallest absolute Gasteiger partial charge is 0.263 e. The van der Waals surface area contributed by atoms with Crippen LogP contribution in [-0.4, -0.2) is 47.0 Å². The number of benzene rings is 1. The molecule has 1 atom stereocenters. The Morgan fingerprint density at radius 1 is 1.09 bits per heavy atom. The van der Waals surface area contributed by atoms with Crippen molar-refractivity contribution in [1.29, 1.82) is 0 Å². The second kappa shape index (κ2) is 9.27. The van der Waals surface area contributed by atoms with Gasteiger partial charge >= 0.3 is 0 Å². The van der Waals surface area contributed by atoms with E-state index in [1.807, 2.05) is 31.2 Å². The van der Waals surface area contributed by atoms with Crippen LogP contribution < -0.4 is 5.56 Å². The van der Waals surface area contributed by atoms with Gasteiger partial charge in [0, 0.05) is 31.8 Å². The minimum atomic E-state index is -3.72. The van der Waals surface area contributed by atoms with Crippen LogP contribution in [0.1, 0.15) is 42.2 Å². The van der Waals surface area contributed by atoms with Crippen LogP contribution in [0.4, 0.5) is 0 Å². The van der Waals surface area contributed by atoms with Crippen molar-refractivity contribution in [3.05, 3.63) is 88.2 Å². The van der Waals surface area contributed by atoms with E-state index in [1.54, 1.807) is 18.4 Å². The van der Waals surface area contributed by atoms with Gasteiger partial charge in [-0.3, -0.25) is 9.59 Å². The highest BCUT2D eigenvalue weighted by molar-refractivity contribution is 7.89. The van der Waals surface area contributed by atoms with Crippen molar-refractivity contribution < 1.29 is 17.6 Å². The molecule has 2 aromatic heterocycles. The third-order valence-electron chi connectivity index (χ3n) is 6.39. The largest absolute Gasteiger partial charge is 0.467 e. The van der Waals surface area contributed by atoms with Gasteiger partial charge in [0.1, 0.15) is 18.3 Å². The zero-order valence-corrected chi connectivity index (χ0v) is 20.1. The quantitative estimate of drug-likeness (QED) is 0.524. The zero-order chi connectivity index (χ0) is 24.6. The number of aryl methyl sites for hydroxylation is 1. The molecule has 3 aromatic rings. The first kappa shape index (κ1) is 23.3. The molecule has 2 aliphatic rings. The Kier molecular flexibility index (Phi) is 6.16. The van der Waals surface area contributed by atoms with E-state index >= 15 is 0 Å². The number of sulfonamides is 1. The molecule has 0 bridgehead atoms. The number of rotatable bonds is 6. The molecule has 0 aliphatic carbocycles. The third kappa shape index (κ3) is 4.59. The molecule has 0 N–H and O–H groups in total. The van der Waals surface area contributed by atoms with E-state index < -0.39 is 27.5 Å². The maximum atomic E-state index is 13.4. The lowest BCUT2D eigenvalue weighted by Gasteiger charge is -2.21. The van der Waals surface area contributed by atoms with Crippen molar-refractivity contribution in [3.63, 3.8) is 0 Å². The topological polar surface area (TPSA) is 105 Å². The number of carbonyl (C=O) groups is 1. The van der Waals surface area contributed by atoms with Gasteiger partial charge in [0.15, 0.2) is 0 Å². The fraction of sp³-hybridized carbons (Fsp3) is 0.320. The number of furan rings is 1. The van der Waals surface area contributed by atoms with Gasteiger partial charge in [-0.1, -0.05) is 29.8 Å². The number of hydrogen-bond donors (Lipinski definition) is 0. The monoisotopic (exact) mass is 494 g/mol. The van der Waals surface area contributed by atoms with Crippen LogP contribution in [0, 0.1) is 6.92 Å². The average Bonchev–Trinajstić information content (AvgIpc) is 3.62. The van der Waals surface area contributed by atoms with Crippen LogP contribution in [0.5, 0.6) is 0 Å². The molecule has 9 nitrogen and oxygen atoms in total. The minimum absolute atomic E-state index is 0.000322. The van der Waals surface area contributed by atoms with Crippen molar-refractivity contribution in [2.24, 2.45) is 5.10 Å². The van der Waals surface area contributed by atoms with Gasteiger partial charge < -0.3 is 8.98 Å². The first-order valence-electron chi connectivity index (χ1n) is 11.5. The average molecular weight is 495 g/mol. The first-order valence-corrected chi connectivity index (χ1v) is 13.0. The van der Waals surface area contributed by atoms with Crippen LogP contribution in [0.3, 0.4) is 0 Å². The lowest BCUT2D eigenvalue weighted by Crippen LogP contribution is -2.34. The van der Waals surface area contributed by atoms with Crippen molar-refractivity contribution in [3.8, 4) is 0 Å². The highest BCUT2D eigenvalue weighted by Crippen LogP contribution is 2.33. The van der Waals surface area contributed by atoms with Crippen molar-refractivity contribution >= 4 is 21.6 Å². The highest BCUT2D eigenvalue weighted by atomic mass is 32.2. The number of amides is 1. The van der Waals surface area contributed by atoms with E-state index in [9.17, 15) is 18.0 Å². The predicted octanol–water partition coefficient (Wildman–Crippen LogP) is 2.91. The van der Waals surface area contributed by atoms with Gasteiger partial charge in [0.25, 0.3) is 11.5 Å². The van der Waals surface area contributed by atoms with E-state index in [0.29, 0.717) is 25.3 Å². The molecule has 2 aliphatic heterocycles. The molecule has 1 fully saturated rings. The SMILES string of the molecule is Cc1ccc(C2=NN(C(=O)Cn3cc(S(=O)(=O)N4CCCC4)ccc3=O)C(c3ccco3)C2)cc1. The number of aromatic nitrogens is 1. The summed E-state index contributed by atoms with van der Waals surface area (Å²) in [4.78, 5) is 25.9. The van der Waals surface area contributed by atoms with Gasteiger partial charge in [-0.05, 0) is 43.5 Å². The molecule has 1 unspecified atom stereocenters. The van der Waals surface area contributed by atoms with E-state index in [1.165, 1.54) is 27.6 Å². The molecule has 1 amide bonds. The molecule has 35 heavy (non-hydrogen) atoms. The zero-order valence-electron chi connectivity index (χ0n) is 19.3. The summed E-state index contributed by atoms with van der Waals surface area (Å²) in [6.45, 7) is 2.56. The summed E-state index contributed by atoms with van der Waals surface area (Å²) in [6.07, 6.45) is 4.86. The van der Waals surface area contributed by atoms with Crippen LogP contribution in [-0.2, 0) is 21.4 Å². The lowest BCUT2D eigenvalue weighted by atomic mass is 10.0. The molecule has 182 valence electrons. The Hall–Kier alpha value is -3.50. The summed E-state index contributed by atoms with van der Waals surface area (Å²) >= 11 is 0. The molecule has 0 radical (unpaired) electrons. The maximum Gasteiger partial charge on any atom is 0.263 e. The molecule has 1 aromatic carbocycles. The third-order valence-corrected chi connectivity index (χ3v) is 8.27. The number of carbonyl (C=O) groups excluding carboxylic acids is 1. The molecular formula is C25H26N4O5S. The summed E-state index contributed by atoms with van der Waals surface area (Å²) in [5, 5.41) is 5.92. The van der Waals surface area contributed by atoms with Crippen LogP contribution in [0.15, 0.2) is 80.2 Å². The summed E-state index contributed by atoms with van der Waals surface area (Å²) in [5.41, 5.74) is 2.29. The molecule has 10 heteroatoms. The van der Waals surface area contributed by atoms with Gasteiger partial charge in [-0.25, -0.2) is 13.4 Å². The van der Waals surface area contributed by atoms with Gasteiger partial charge in [0.05, 0.1) is 16.9 Å². The van der Waals surface area contributed by atoms with Crippen molar-refractivity contribution in [2.75, 3.05) is 13.1 Å². The van der Waals surface area contributed by atoms with Crippen LogP contribution in [0.2, 0.25) is 0 Å². The summed E-state index contributed by atoms with van der Waals surface area (Å²) in [7, 11) is -3.72. The van der Waals surface area contributed by atoms with E-state index in [4.69, 9.17) is 4.42 Å². The van der Waals surface area contributed by atoms with E-state index in [2.05, 4.69) is 5.10 Å². The fourth-order valence-electron chi connectivity index (χ4n) is 4.44. The Balaban J connectivity index is 1.44. The second-order valence-electron chi connectivity index (χ2n) is 8.83. The first-order chi connectivity index (χ1) is 16.8. The second-order valence-corrected chi connectivity index (χ2v) is 10.8. The van der Waals surface area contributed by atoms with Gasteiger partial charge in [-0.15, -0.1) is 0 Å². The summed E-state index contributed by atoms with van der Waals surface area (Å²) < 4.78 is 34.0. The number of hydrazone groups is 1. The van der Waals surface area contributed by atoms with Crippen LogP contribution in [0.25, 0.3) is 0 Å². The predicted molar refractivity (Wildman–Crippen MR) is 129 cm³/mol. The minimum Gasteiger partial charge on any atom is -0.467 e. The standard InChI is InChI=1S/C25H26N4O5S/c1-18-6-8-19(9-7-18)21-15-22(23-5-4-14-34-23)29(26-21)25(31)17-27-16-20(10-11-24(27)30)35(32,33)28-12-2-3-13-28/h4-11,14,16,22H,2-3,12-13,15,17H2,1H3. The lowest BCUT2D eigenvalue weighted by molar-refractivity contribution is -0.134. The summed E-state index contributed by atoms with van der Waals surface area (Å²) in [5.74, 6) is 0.147. The van der Waals surface area contributed by atoms with E-state index in [-0.39, 0.29) is 11.4 Å². The Morgan fingerprint density at radius 2 is 1.83 bits per heavy atom. The number of pyridine rings is 1. The normalized spacial score (nSPS) is 18.7. The fourth-order valence-corrected chi connectivity index (χ4v) is 5.98. The molecule has 5 rings (SSSR count). The molecule has 4 heterocycles. The Morgan fingerprint density at radius 3 is 2.51 bits per heavy atom. The summed E-state index contributed by atoms with van der Waals surface area (Å²) in [6, 6.07) is 13.4. The maximum absolute atomic E-state index is 13.4. The Labute approximate surface area is 203 Å². The Bertz CT molecular complexity index is 1420. The molecule has 0 spiro atoms. The van der Waals surface area contributed by atoms with Gasteiger partial charge in [0.2, 0.25) is 10.0 Å². The number of hydrogen-bond acceptors (Lipinski definition) is 6.